The highest BCUT2D eigenvalue weighted by Crippen LogP contribution is 2.29. The molecule has 2 rings (SSSR count). The van der Waals surface area contributed by atoms with Gasteiger partial charge in [-0.3, -0.25) is 4.79 Å². The average Bonchev–Trinajstić information content (AvgIpc) is 2.73. The van der Waals surface area contributed by atoms with Crippen molar-refractivity contribution in [2.24, 2.45) is 0 Å². The van der Waals surface area contributed by atoms with Crippen molar-refractivity contribution in [1.82, 2.24) is 0 Å². The zero-order valence-corrected chi connectivity index (χ0v) is 18.2. The van der Waals surface area contributed by atoms with Crippen molar-refractivity contribution in [3.63, 3.8) is 0 Å². The van der Waals surface area contributed by atoms with Crippen LogP contribution in [-0.2, 0) is 9.53 Å². The molecule has 0 bridgehead atoms. The zero-order valence-electron chi connectivity index (χ0n) is 18.2. The number of rotatable bonds is 11. The van der Waals surface area contributed by atoms with Gasteiger partial charge in [-0.2, -0.15) is 0 Å². The molecular formula is C24H31NO5. The molecule has 0 saturated heterocycles. The van der Waals surface area contributed by atoms with Gasteiger partial charge in [0.05, 0.1) is 18.8 Å². The normalized spacial score (nSPS) is 10.6. The Morgan fingerprint density at radius 3 is 2.47 bits per heavy atom. The van der Waals surface area contributed by atoms with Gasteiger partial charge in [-0.25, -0.2) is 4.79 Å². The minimum atomic E-state index is -0.594. The Morgan fingerprint density at radius 2 is 1.77 bits per heavy atom. The third-order valence-electron chi connectivity index (χ3n) is 4.43. The van der Waals surface area contributed by atoms with E-state index in [0.717, 1.165) is 24.1 Å². The summed E-state index contributed by atoms with van der Waals surface area (Å²) in [6.45, 7) is 8.71. The topological polar surface area (TPSA) is 73.9 Å². The summed E-state index contributed by atoms with van der Waals surface area (Å²) in [5.41, 5.74) is 2.05. The molecule has 0 unspecified atom stereocenters. The molecule has 0 radical (unpaired) electrons. The van der Waals surface area contributed by atoms with E-state index in [1.54, 1.807) is 18.2 Å². The molecule has 1 amide bonds. The molecule has 0 heterocycles. The van der Waals surface area contributed by atoms with Gasteiger partial charge in [0.2, 0.25) is 0 Å². The fraction of sp³-hybridized carbons (Fsp3) is 0.417. The lowest BCUT2D eigenvalue weighted by Gasteiger charge is -2.14. The van der Waals surface area contributed by atoms with Crippen molar-refractivity contribution in [3.05, 3.63) is 53.6 Å². The third kappa shape index (κ3) is 6.79. The first-order valence-corrected chi connectivity index (χ1v) is 10.4. The Labute approximate surface area is 178 Å². The Kier molecular flexibility index (Phi) is 9.19. The second-order valence-corrected chi connectivity index (χ2v) is 7.16. The molecule has 6 heteroatoms. The second kappa shape index (κ2) is 11.9. The number of anilines is 1. The summed E-state index contributed by atoms with van der Waals surface area (Å²) in [7, 11) is 0. The lowest BCUT2D eigenvalue weighted by atomic mass is 10.0. The molecule has 0 aliphatic carbocycles. The molecular weight excluding hydrogens is 382 g/mol. The van der Waals surface area contributed by atoms with Crippen LogP contribution in [0.25, 0.3) is 0 Å². The number of nitrogens with one attached hydrogen (secondary N) is 1. The summed E-state index contributed by atoms with van der Waals surface area (Å²) in [6.07, 6.45) is 1.96. The van der Waals surface area contributed by atoms with E-state index in [9.17, 15) is 9.59 Å². The third-order valence-corrected chi connectivity index (χ3v) is 4.43. The predicted octanol–water partition coefficient (Wildman–Crippen LogP) is 5.18. The maximum atomic E-state index is 12.4. The van der Waals surface area contributed by atoms with Crippen molar-refractivity contribution in [3.8, 4) is 11.5 Å². The molecule has 0 saturated carbocycles. The Hall–Kier alpha value is -3.02. The van der Waals surface area contributed by atoms with Crippen LogP contribution in [0, 0.1) is 0 Å². The van der Waals surface area contributed by atoms with Crippen LogP contribution in [0.3, 0.4) is 0 Å². The lowest BCUT2D eigenvalue weighted by Crippen LogP contribution is -2.21. The number of hydrogen-bond acceptors (Lipinski definition) is 5. The number of esters is 1. The molecule has 0 atom stereocenters. The van der Waals surface area contributed by atoms with Crippen LogP contribution in [0.1, 0.15) is 62.4 Å². The van der Waals surface area contributed by atoms with E-state index in [2.05, 4.69) is 26.1 Å². The summed E-state index contributed by atoms with van der Waals surface area (Å²) in [4.78, 5) is 24.7. The smallest absolute Gasteiger partial charge is 0.338 e. The van der Waals surface area contributed by atoms with E-state index in [1.807, 2.05) is 31.2 Å². The molecule has 30 heavy (non-hydrogen) atoms. The van der Waals surface area contributed by atoms with E-state index >= 15 is 0 Å². The molecule has 0 aliphatic rings. The molecule has 162 valence electrons. The fourth-order valence-electron chi connectivity index (χ4n) is 2.86. The minimum absolute atomic E-state index is 0.263. The van der Waals surface area contributed by atoms with Gasteiger partial charge in [0.15, 0.2) is 18.1 Å². The van der Waals surface area contributed by atoms with E-state index in [-0.39, 0.29) is 18.4 Å². The van der Waals surface area contributed by atoms with Crippen molar-refractivity contribution < 1.29 is 23.8 Å². The van der Waals surface area contributed by atoms with Gasteiger partial charge in [0.1, 0.15) is 0 Å². The standard InChI is InChI=1S/C24H31NO5/c1-5-7-14-29-21-13-12-18(15-22(21)28-6-2)24(27)30-16-23(26)25-20-11-9-8-10-19(20)17(3)4/h8-13,15,17H,5-7,14,16H2,1-4H3,(H,25,26). The van der Waals surface area contributed by atoms with Gasteiger partial charge >= 0.3 is 5.97 Å². The summed E-state index contributed by atoms with van der Waals surface area (Å²) < 4.78 is 16.5. The quantitative estimate of drug-likeness (QED) is 0.406. The van der Waals surface area contributed by atoms with Crippen LogP contribution in [0.2, 0.25) is 0 Å². The van der Waals surface area contributed by atoms with Gasteiger partial charge in [0.25, 0.3) is 5.91 Å². The summed E-state index contributed by atoms with van der Waals surface area (Å²) in [5, 5.41) is 2.81. The van der Waals surface area contributed by atoms with Gasteiger partial charge in [-0.15, -0.1) is 0 Å². The number of unbranched alkanes of at least 4 members (excludes halogenated alkanes) is 1. The molecule has 0 spiro atoms. The minimum Gasteiger partial charge on any atom is -0.490 e. The molecule has 1 N–H and O–H groups in total. The first-order valence-electron chi connectivity index (χ1n) is 10.4. The van der Waals surface area contributed by atoms with E-state index in [1.165, 1.54) is 0 Å². The van der Waals surface area contributed by atoms with Crippen molar-refractivity contribution >= 4 is 17.6 Å². The maximum absolute atomic E-state index is 12.4. The molecule has 0 aliphatic heterocycles. The summed E-state index contributed by atoms with van der Waals surface area (Å²) >= 11 is 0. The highest BCUT2D eigenvalue weighted by Gasteiger charge is 2.15. The molecule has 0 fully saturated rings. The first-order chi connectivity index (χ1) is 14.5. The SMILES string of the molecule is CCCCOc1ccc(C(=O)OCC(=O)Nc2ccccc2C(C)C)cc1OCC. The molecule has 2 aromatic rings. The first kappa shape index (κ1) is 23.3. The summed E-state index contributed by atoms with van der Waals surface area (Å²) in [6, 6.07) is 12.5. The second-order valence-electron chi connectivity index (χ2n) is 7.16. The predicted molar refractivity (Wildman–Crippen MR) is 117 cm³/mol. The average molecular weight is 414 g/mol. The Bertz CT molecular complexity index is 847. The summed E-state index contributed by atoms with van der Waals surface area (Å²) in [5.74, 6) is 0.353. The number of hydrogen-bond donors (Lipinski definition) is 1. The largest absolute Gasteiger partial charge is 0.490 e. The molecule has 0 aromatic heterocycles. The van der Waals surface area contributed by atoms with Gasteiger partial charge < -0.3 is 19.5 Å². The van der Waals surface area contributed by atoms with Crippen LogP contribution in [0.5, 0.6) is 11.5 Å². The van der Waals surface area contributed by atoms with Crippen molar-refractivity contribution in [2.75, 3.05) is 25.1 Å². The monoisotopic (exact) mass is 413 g/mol. The van der Waals surface area contributed by atoms with Crippen LogP contribution < -0.4 is 14.8 Å². The van der Waals surface area contributed by atoms with Crippen molar-refractivity contribution in [2.45, 2.75) is 46.5 Å². The van der Waals surface area contributed by atoms with Gasteiger partial charge in [-0.1, -0.05) is 45.4 Å². The number of benzene rings is 2. The molecule has 6 nitrogen and oxygen atoms in total. The van der Waals surface area contributed by atoms with Crippen LogP contribution in [-0.4, -0.2) is 31.7 Å². The van der Waals surface area contributed by atoms with Gasteiger partial charge in [-0.05, 0) is 49.1 Å². The number of carbonyl (C=O) groups excluding carboxylic acids is 2. The van der Waals surface area contributed by atoms with Crippen molar-refractivity contribution in [1.29, 1.82) is 0 Å². The lowest BCUT2D eigenvalue weighted by molar-refractivity contribution is -0.119. The number of carbonyl (C=O) groups is 2. The Balaban J connectivity index is 1.98. The zero-order chi connectivity index (χ0) is 21.9. The highest BCUT2D eigenvalue weighted by molar-refractivity contribution is 5.96. The number of amides is 1. The van der Waals surface area contributed by atoms with Crippen LogP contribution >= 0.6 is 0 Å². The van der Waals surface area contributed by atoms with Crippen LogP contribution in [0.4, 0.5) is 5.69 Å². The number of para-hydroxylation sites is 1. The van der Waals surface area contributed by atoms with Gasteiger partial charge in [0, 0.05) is 5.69 Å². The number of ether oxygens (including phenoxy) is 3. The Morgan fingerprint density at radius 1 is 1.00 bits per heavy atom. The highest BCUT2D eigenvalue weighted by atomic mass is 16.5. The van der Waals surface area contributed by atoms with Crippen LogP contribution in [0.15, 0.2) is 42.5 Å². The van der Waals surface area contributed by atoms with E-state index < -0.39 is 5.97 Å². The maximum Gasteiger partial charge on any atom is 0.338 e. The van der Waals surface area contributed by atoms with E-state index in [0.29, 0.717) is 30.3 Å². The fourth-order valence-corrected chi connectivity index (χ4v) is 2.86. The van der Waals surface area contributed by atoms with E-state index in [4.69, 9.17) is 14.2 Å². The molecule has 2 aromatic carbocycles.